The third-order valence-corrected chi connectivity index (χ3v) is 7.20. The number of nitrogens with one attached hydrogen (secondary N) is 4. The fourth-order valence-electron chi connectivity index (χ4n) is 6.15. The Bertz CT molecular complexity index is 686. The first-order chi connectivity index (χ1) is 16.4. The van der Waals surface area contributed by atoms with Gasteiger partial charge in [0.2, 0.25) is 11.8 Å². The fraction of sp³-hybridized carbons (Fsp3) is 0.929. The van der Waals surface area contributed by atoms with Gasteiger partial charge in [-0.1, -0.05) is 12.8 Å². The maximum absolute atomic E-state index is 12.8. The van der Waals surface area contributed by atoms with Crippen LogP contribution in [0.15, 0.2) is 0 Å². The largest absolute Gasteiger partial charge is 0.338 e. The van der Waals surface area contributed by atoms with Gasteiger partial charge in [0, 0.05) is 49.3 Å². The maximum atomic E-state index is 12.8. The number of nitrogens with zero attached hydrogens (tertiary/aromatic N) is 2. The van der Waals surface area contributed by atoms with Crippen LogP contribution in [0.5, 0.6) is 0 Å². The van der Waals surface area contributed by atoms with Crippen LogP contribution in [0.4, 0.5) is 0 Å². The molecule has 0 spiro atoms. The highest BCUT2D eigenvalue weighted by molar-refractivity contribution is 5.87. The van der Waals surface area contributed by atoms with Crippen molar-refractivity contribution in [3.05, 3.63) is 0 Å². The molecule has 36 heavy (non-hydrogen) atoms. The van der Waals surface area contributed by atoms with Gasteiger partial charge in [-0.15, -0.1) is 0 Å². The van der Waals surface area contributed by atoms with Crippen LogP contribution in [0.1, 0.15) is 94.9 Å². The van der Waals surface area contributed by atoms with Gasteiger partial charge in [-0.3, -0.25) is 20.2 Å². The highest BCUT2D eigenvalue weighted by atomic mass is 16.2. The van der Waals surface area contributed by atoms with Crippen molar-refractivity contribution in [2.24, 2.45) is 0 Å². The van der Waals surface area contributed by atoms with Gasteiger partial charge in [0.1, 0.15) is 0 Å². The maximum Gasteiger partial charge on any atom is 0.242 e. The summed E-state index contributed by atoms with van der Waals surface area (Å²) < 4.78 is 0. The minimum absolute atomic E-state index is 0.0731. The van der Waals surface area contributed by atoms with E-state index in [9.17, 15) is 9.59 Å². The highest BCUT2D eigenvalue weighted by Crippen LogP contribution is 2.23. The van der Waals surface area contributed by atoms with E-state index in [-0.39, 0.29) is 35.0 Å². The van der Waals surface area contributed by atoms with Gasteiger partial charge < -0.3 is 20.4 Å². The van der Waals surface area contributed by atoms with E-state index >= 15 is 0 Å². The van der Waals surface area contributed by atoms with Crippen LogP contribution >= 0.6 is 0 Å². The van der Waals surface area contributed by atoms with Gasteiger partial charge in [-0.2, -0.15) is 0 Å². The van der Waals surface area contributed by atoms with Crippen molar-refractivity contribution in [1.29, 1.82) is 0 Å². The Balaban J connectivity index is 1.57. The molecule has 2 fully saturated rings. The van der Waals surface area contributed by atoms with E-state index in [4.69, 9.17) is 0 Å². The molecule has 2 unspecified atom stereocenters. The number of hydrogen-bond donors (Lipinski definition) is 4. The summed E-state index contributed by atoms with van der Waals surface area (Å²) in [6, 6.07) is 0.563. The van der Waals surface area contributed by atoms with Crippen molar-refractivity contribution in [3.63, 3.8) is 0 Å². The highest BCUT2D eigenvalue weighted by Gasteiger charge is 2.44. The van der Waals surface area contributed by atoms with Crippen LogP contribution in [0, 0.1) is 0 Å². The van der Waals surface area contributed by atoms with E-state index in [2.05, 4.69) is 62.8 Å². The third kappa shape index (κ3) is 9.26. The summed E-state index contributed by atoms with van der Waals surface area (Å²) in [6.07, 6.45) is 4.68. The molecule has 2 heterocycles. The summed E-state index contributed by atoms with van der Waals surface area (Å²) in [4.78, 5) is 29.6. The predicted octanol–water partition coefficient (Wildman–Crippen LogP) is 2.48. The van der Waals surface area contributed by atoms with Gasteiger partial charge in [-0.05, 0) is 95.2 Å². The molecule has 0 aromatic carbocycles. The van der Waals surface area contributed by atoms with Gasteiger partial charge in [0.25, 0.3) is 0 Å². The van der Waals surface area contributed by atoms with Crippen molar-refractivity contribution >= 4 is 11.8 Å². The zero-order valence-corrected chi connectivity index (χ0v) is 24.9. The molecular weight excluding hydrogens is 452 g/mol. The average Bonchev–Trinajstić information content (AvgIpc) is 2.69. The van der Waals surface area contributed by atoms with Gasteiger partial charge in [0.05, 0.1) is 11.1 Å². The molecule has 2 amide bonds. The zero-order valence-electron chi connectivity index (χ0n) is 24.9. The SMILES string of the molecule is CC(CN1CC(C)(C)NC(C)(C)C1=O)NCCCCCCNC(C)CN1CC(C)(C)NC(C)(C)C1=O. The van der Waals surface area contributed by atoms with Crippen molar-refractivity contribution in [1.82, 2.24) is 31.1 Å². The molecule has 0 aromatic rings. The summed E-state index contributed by atoms with van der Waals surface area (Å²) in [5.41, 5.74) is -1.17. The zero-order chi connectivity index (χ0) is 27.4. The Morgan fingerprint density at radius 3 is 1.33 bits per heavy atom. The Morgan fingerprint density at radius 1 is 0.667 bits per heavy atom. The molecule has 8 heteroatoms. The topological polar surface area (TPSA) is 88.7 Å². The first-order valence-electron chi connectivity index (χ1n) is 14.1. The second-order valence-corrected chi connectivity index (χ2v) is 13.8. The lowest BCUT2D eigenvalue weighted by molar-refractivity contribution is -0.144. The van der Waals surface area contributed by atoms with Crippen LogP contribution in [0.25, 0.3) is 0 Å². The molecule has 210 valence electrons. The quantitative estimate of drug-likeness (QED) is 0.286. The molecule has 2 rings (SSSR count). The van der Waals surface area contributed by atoms with Crippen LogP contribution in [0.2, 0.25) is 0 Å². The summed E-state index contributed by atoms with van der Waals surface area (Å²) >= 11 is 0. The van der Waals surface area contributed by atoms with Crippen molar-refractivity contribution in [3.8, 4) is 0 Å². The third-order valence-electron chi connectivity index (χ3n) is 7.20. The van der Waals surface area contributed by atoms with E-state index in [1.165, 1.54) is 12.8 Å². The van der Waals surface area contributed by atoms with Crippen molar-refractivity contribution in [2.75, 3.05) is 39.3 Å². The van der Waals surface area contributed by atoms with Crippen molar-refractivity contribution in [2.45, 2.75) is 129 Å². The standard InChI is InChI=1S/C28H56N6O2/c1-21(17-33-19-25(3,4)31-27(7,8)23(33)35)29-15-13-11-12-14-16-30-22(2)18-34-20-26(5,6)32-28(9,10)24(34)36/h21-22,29-32H,11-20H2,1-10H3. The molecular formula is C28H56N6O2. The molecule has 0 aliphatic carbocycles. The van der Waals surface area contributed by atoms with Gasteiger partial charge in [0.15, 0.2) is 0 Å². The normalized spacial score (nSPS) is 24.6. The van der Waals surface area contributed by atoms with Gasteiger partial charge in [-0.25, -0.2) is 0 Å². The molecule has 0 bridgehead atoms. The lowest BCUT2D eigenvalue weighted by atomic mass is 9.90. The van der Waals surface area contributed by atoms with E-state index in [1.807, 2.05) is 37.5 Å². The first-order valence-corrected chi connectivity index (χ1v) is 14.1. The molecule has 0 aromatic heterocycles. The van der Waals surface area contributed by atoms with E-state index in [0.29, 0.717) is 0 Å². The minimum atomic E-state index is -0.513. The summed E-state index contributed by atoms with van der Waals surface area (Å²) in [6.45, 7) is 25.8. The number of amides is 2. The molecule has 0 saturated carbocycles. The Morgan fingerprint density at radius 2 is 1.00 bits per heavy atom. The summed E-state index contributed by atoms with van der Waals surface area (Å²) in [5.74, 6) is 0.372. The molecule has 2 aliphatic rings. The molecule has 2 atom stereocenters. The lowest BCUT2D eigenvalue weighted by Gasteiger charge is -2.48. The summed E-state index contributed by atoms with van der Waals surface area (Å²) in [7, 11) is 0. The summed E-state index contributed by atoms with van der Waals surface area (Å²) in [5, 5.41) is 14.1. The van der Waals surface area contributed by atoms with Crippen molar-refractivity contribution < 1.29 is 9.59 Å². The average molecular weight is 509 g/mol. The number of piperazine rings is 2. The smallest absolute Gasteiger partial charge is 0.242 e. The molecule has 8 nitrogen and oxygen atoms in total. The first kappa shape index (κ1) is 31.0. The number of carbonyl (C=O) groups excluding carboxylic acids is 2. The van der Waals surface area contributed by atoms with E-state index in [0.717, 1.165) is 52.1 Å². The second-order valence-electron chi connectivity index (χ2n) is 13.8. The number of unbranched alkanes of at least 4 members (excludes halogenated alkanes) is 3. The molecule has 2 aliphatic heterocycles. The van der Waals surface area contributed by atoms with Gasteiger partial charge >= 0.3 is 0 Å². The lowest BCUT2D eigenvalue weighted by Crippen LogP contribution is -2.70. The Kier molecular flexibility index (Phi) is 10.4. The molecule has 4 N–H and O–H groups in total. The molecule has 2 saturated heterocycles. The number of hydrogen-bond acceptors (Lipinski definition) is 6. The van der Waals surface area contributed by atoms with E-state index < -0.39 is 11.1 Å². The minimum Gasteiger partial charge on any atom is -0.338 e. The van der Waals surface area contributed by atoms with Crippen LogP contribution < -0.4 is 21.3 Å². The molecule has 0 radical (unpaired) electrons. The number of rotatable bonds is 13. The fourth-order valence-corrected chi connectivity index (χ4v) is 6.15. The van der Waals surface area contributed by atoms with E-state index in [1.54, 1.807) is 0 Å². The Labute approximate surface area is 221 Å². The second kappa shape index (κ2) is 12.1. The number of carbonyl (C=O) groups is 2. The van der Waals surface area contributed by atoms with Crippen LogP contribution in [-0.4, -0.2) is 95.1 Å². The monoisotopic (exact) mass is 508 g/mol. The van der Waals surface area contributed by atoms with Crippen LogP contribution in [-0.2, 0) is 9.59 Å². The predicted molar refractivity (Wildman–Crippen MR) is 149 cm³/mol. The van der Waals surface area contributed by atoms with Crippen LogP contribution in [0.3, 0.4) is 0 Å². The Hall–Kier alpha value is -1.22.